The predicted octanol–water partition coefficient (Wildman–Crippen LogP) is 4.13. The fourth-order valence-electron chi connectivity index (χ4n) is 2.40. The average molecular weight is 257 g/mol. The van der Waals surface area contributed by atoms with Crippen LogP contribution in [0.25, 0.3) is 0 Å². The maximum absolute atomic E-state index is 13.1. The van der Waals surface area contributed by atoms with Gasteiger partial charge in [0, 0.05) is 0 Å². The molecule has 0 amide bonds. The van der Waals surface area contributed by atoms with Crippen LogP contribution in [0.15, 0.2) is 42.5 Å². The first kappa shape index (κ1) is 13.8. The summed E-state index contributed by atoms with van der Waals surface area (Å²) < 4.78 is 13.1. The molecule has 0 saturated heterocycles. The summed E-state index contributed by atoms with van der Waals surface area (Å²) in [4.78, 5) is 0. The van der Waals surface area contributed by atoms with Gasteiger partial charge in [0.1, 0.15) is 5.82 Å². The Morgan fingerprint density at radius 1 is 1.16 bits per heavy atom. The smallest absolute Gasteiger partial charge is 0.123 e. The Morgan fingerprint density at radius 3 is 2.63 bits per heavy atom. The van der Waals surface area contributed by atoms with Gasteiger partial charge in [-0.05, 0) is 47.7 Å². The molecule has 2 N–H and O–H groups in total. The van der Waals surface area contributed by atoms with E-state index in [2.05, 4.69) is 19.1 Å². The van der Waals surface area contributed by atoms with Crippen molar-refractivity contribution in [2.75, 3.05) is 0 Å². The average Bonchev–Trinajstić information content (AvgIpc) is 2.39. The van der Waals surface area contributed by atoms with Crippen molar-refractivity contribution in [1.82, 2.24) is 0 Å². The minimum atomic E-state index is -0.215. The lowest BCUT2D eigenvalue weighted by Crippen LogP contribution is -2.13. The van der Waals surface area contributed by atoms with E-state index in [0.717, 1.165) is 29.5 Å². The van der Waals surface area contributed by atoms with Gasteiger partial charge < -0.3 is 5.73 Å². The molecule has 2 heteroatoms. The molecule has 0 saturated carbocycles. The lowest BCUT2D eigenvalue weighted by molar-refractivity contribution is 0.624. The molecule has 19 heavy (non-hydrogen) atoms. The molecule has 2 aromatic rings. The molecule has 0 aromatic heterocycles. The van der Waals surface area contributed by atoms with Crippen LogP contribution in [0, 0.1) is 12.7 Å². The summed E-state index contributed by atoms with van der Waals surface area (Å²) in [6.07, 6.45) is 2.18. The van der Waals surface area contributed by atoms with Crippen molar-refractivity contribution >= 4 is 0 Å². The number of hydrogen-bond acceptors (Lipinski definition) is 1. The molecule has 0 fully saturated rings. The van der Waals surface area contributed by atoms with Crippen molar-refractivity contribution in [2.45, 2.75) is 32.7 Å². The van der Waals surface area contributed by atoms with Crippen LogP contribution in [0.1, 0.15) is 41.6 Å². The van der Waals surface area contributed by atoms with Gasteiger partial charge in [-0.3, -0.25) is 0 Å². The molecular formula is C17H20FN. The molecular weight excluding hydrogens is 237 g/mol. The second kappa shape index (κ2) is 5.98. The van der Waals surface area contributed by atoms with Crippen molar-refractivity contribution in [3.8, 4) is 0 Å². The highest BCUT2D eigenvalue weighted by atomic mass is 19.1. The lowest BCUT2D eigenvalue weighted by Gasteiger charge is -2.16. The minimum absolute atomic E-state index is 0.197. The van der Waals surface area contributed by atoms with E-state index in [0.29, 0.717) is 0 Å². The summed E-state index contributed by atoms with van der Waals surface area (Å²) in [6.45, 7) is 4.06. The third-order valence-electron chi connectivity index (χ3n) is 3.42. The number of halogens is 1. The summed E-state index contributed by atoms with van der Waals surface area (Å²) in [5.74, 6) is -0.215. The normalized spacial score (nSPS) is 12.4. The van der Waals surface area contributed by atoms with E-state index in [1.807, 2.05) is 19.1 Å². The maximum atomic E-state index is 13.1. The van der Waals surface area contributed by atoms with Crippen LogP contribution in [-0.2, 0) is 6.42 Å². The highest BCUT2D eigenvalue weighted by Crippen LogP contribution is 2.24. The maximum Gasteiger partial charge on any atom is 0.123 e. The molecule has 0 radical (unpaired) electrons. The number of benzene rings is 2. The van der Waals surface area contributed by atoms with Crippen LogP contribution in [0.5, 0.6) is 0 Å². The summed E-state index contributed by atoms with van der Waals surface area (Å²) in [7, 11) is 0. The van der Waals surface area contributed by atoms with Crippen LogP contribution < -0.4 is 5.73 Å². The van der Waals surface area contributed by atoms with E-state index in [-0.39, 0.29) is 11.9 Å². The van der Waals surface area contributed by atoms with Gasteiger partial charge in [-0.2, -0.15) is 0 Å². The Bertz CT molecular complexity index is 563. The summed E-state index contributed by atoms with van der Waals surface area (Å²) in [5.41, 5.74) is 10.6. The molecule has 100 valence electrons. The van der Waals surface area contributed by atoms with Crippen molar-refractivity contribution in [2.24, 2.45) is 5.73 Å². The quantitative estimate of drug-likeness (QED) is 0.875. The van der Waals surface area contributed by atoms with E-state index in [9.17, 15) is 4.39 Å². The highest BCUT2D eigenvalue weighted by molar-refractivity contribution is 5.38. The van der Waals surface area contributed by atoms with Gasteiger partial charge >= 0.3 is 0 Å². The number of hydrogen-bond donors (Lipinski definition) is 1. The molecule has 0 aliphatic rings. The van der Waals surface area contributed by atoms with Crippen LogP contribution in [0.2, 0.25) is 0 Å². The predicted molar refractivity (Wildman–Crippen MR) is 77.6 cm³/mol. The largest absolute Gasteiger partial charge is 0.320 e. The Hall–Kier alpha value is -1.67. The summed E-state index contributed by atoms with van der Waals surface area (Å²) >= 11 is 0. The van der Waals surface area contributed by atoms with Crippen LogP contribution in [0.3, 0.4) is 0 Å². The van der Waals surface area contributed by atoms with Gasteiger partial charge in [0.05, 0.1) is 6.04 Å². The molecule has 1 atom stereocenters. The van der Waals surface area contributed by atoms with Gasteiger partial charge in [0.2, 0.25) is 0 Å². The first-order valence-corrected chi connectivity index (χ1v) is 6.72. The van der Waals surface area contributed by atoms with Crippen LogP contribution >= 0.6 is 0 Å². The van der Waals surface area contributed by atoms with Crippen molar-refractivity contribution in [3.63, 3.8) is 0 Å². The first-order valence-electron chi connectivity index (χ1n) is 6.72. The molecule has 1 nitrogen and oxygen atoms in total. The van der Waals surface area contributed by atoms with Crippen molar-refractivity contribution < 1.29 is 4.39 Å². The lowest BCUT2D eigenvalue weighted by atomic mass is 9.94. The molecule has 0 aliphatic carbocycles. The summed E-state index contributed by atoms with van der Waals surface area (Å²) in [6, 6.07) is 12.9. The third kappa shape index (κ3) is 3.21. The van der Waals surface area contributed by atoms with Gasteiger partial charge in [-0.15, -0.1) is 0 Å². The van der Waals surface area contributed by atoms with E-state index in [4.69, 9.17) is 5.73 Å². The topological polar surface area (TPSA) is 26.0 Å². The molecule has 0 heterocycles. The molecule has 0 aliphatic heterocycles. The van der Waals surface area contributed by atoms with E-state index >= 15 is 0 Å². The standard InChI is InChI=1S/C17H20FN/c1-3-5-13-6-4-7-14(11-13)17(19)16-9-8-15(18)10-12(16)2/h4,6-11,17H,3,5,19H2,1-2H3. The van der Waals surface area contributed by atoms with Gasteiger partial charge in [0.15, 0.2) is 0 Å². The van der Waals surface area contributed by atoms with Crippen LogP contribution in [-0.4, -0.2) is 0 Å². The van der Waals surface area contributed by atoms with E-state index in [1.165, 1.54) is 17.7 Å². The monoisotopic (exact) mass is 257 g/mol. The molecule has 2 rings (SSSR count). The number of rotatable bonds is 4. The van der Waals surface area contributed by atoms with Gasteiger partial charge in [-0.25, -0.2) is 4.39 Å². The zero-order valence-corrected chi connectivity index (χ0v) is 11.5. The zero-order valence-electron chi connectivity index (χ0n) is 11.5. The fourth-order valence-corrected chi connectivity index (χ4v) is 2.40. The van der Waals surface area contributed by atoms with Gasteiger partial charge in [-0.1, -0.05) is 43.7 Å². The Labute approximate surface area is 114 Å². The highest BCUT2D eigenvalue weighted by Gasteiger charge is 2.12. The zero-order chi connectivity index (χ0) is 13.8. The van der Waals surface area contributed by atoms with Gasteiger partial charge in [0.25, 0.3) is 0 Å². The number of nitrogens with two attached hydrogens (primary N) is 1. The SMILES string of the molecule is CCCc1cccc(C(N)c2ccc(F)cc2C)c1. The molecule has 2 aromatic carbocycles. The summed E-state index contributed by atoms with van der Waals surface area (Å²) in [5, 5.41) is 0. The molecule has 0 spiro atoms. The second-order valence-corrected chi connectivity index (χ2v) is 4.97. The Kier molecular flexibility index (Phi) is 4.33. The van der Waals surface area contributed by atoms with E-state index in [1.54, 1.807) is 6.07 Å². The minimum Gasteiger partial charge on any atom is -0.320 e. The molecule has 0 bridgehead atoms. The molecule has 1 unspecified atom stereocenters. The Morgan fingerprint density at radius 2 is 1.95 bits per heavy atom. The fraction of sp³-hybridized carbons (Fsp3) is 0.294. The Balaban J connectivity index is 2.32. The van der Waals surface area contributed by atoms with Crippen LogP contribution in [0.4, 0.5) is 4.39 Å². The first-order chi connectivity index (χ1) is 9.11. The second-order valence-electron chi connectivity index (χ2n) is 4.97. The van der Waals surface area contributed by atoms with Crippen molar-refractivity contribution in [3.05, 3.63) is 70.5 Å². The third-order valence-corrected chi connectivity index (χ3v) is 3.42. The number of aryl methyl sites for hydroxylation is 2. The van der Waals surface area contributed by atoms with Crippen molar-refractivity contribution in [1.29, 1.82) is 0 Å². The van der Waals surface area contributed by atoms with E-state index < -0.39 is 0 Å².